The highest BCUT2D eigenvalue weighted by atomic mass is 32.2. The molecule has 9 nitrogen and oxygen atoms in total. The van der Waals surface area contributed by atoms with Crippen LogP contribution in [0.3, 0.4) is 0 Å². The number of hydrogen-bond donors (Lipinski definition) is 2. The van der Waals surface area contributed by atoms with Crippen LogP contribution in [0.2, 0.25) is 0 Å². The molecule has 182 valence electrons. The van der Waals surface area contributed by atoms with Crippen LogP contribution in [-0.2, 0) is 10.0 Å². The first-order chi connectivity index (χ1) is 15.8. The summed E-state index contributed by atoms with van der Waals surface area (Å²) in [5.74, 6) is -8.32. The lowest BCUT2D eigenvalue weighted by molar-refractivity contribution is -0.122. The molecule has 0 amide bonds. The highest BCUT2D eigenvalue weighted by Crippen LogP contribution is 2.44. The summed E-state index contributed by atoms with van der Waals surface area (Å²) >= 11 is 0. The summed E-state index contributed by atoms with van der Waals surface area (Å²) in [6.45, 7) is 3.38. The van der Waals surface area contributed by atoms with Gasteiger partial charge >= 0.3 is 0 Å². The molecule has 1 aliphatic carbocycles. The van der Waals surface area contributed by atoms with E-state index in [0.29, 0.717) is 0 Å². The summed E-state index contributed by atoms with van der Waals surface area (Å²) in [7, 11) is -4.47. The molecule has 2 heterocycles. The standard InChI is InChI=1S/C20H20F4N6O3S/c1-9(2)30-17-14(7-26-19(25)28-17)27-15(18(30)31)10-5-12(21)16(13(22)6-10)29-34(32,33)8-11-3-4-20(11,23)24/h5-7,9,11,29H,3-4,8H2,1-2H3,(H2,25,26,28). The van der Waals surface area contributed by atoms with E-state index in [4.69, 9.17) is 5.73 Å². The predicted octanol–water partition coefficient (Wildman–Crippen LogP) is 3.08. The Kier molecular flexibility index (Phi) is 5.74. The molecule has 2 aromatic heterocycles. The Morgan fingerprint density at radius 1 is 1.24 bits per heavy atom. The number of nitrogens with one attached hydrogen (secondary N) is 1. The van der Waals surface area contributed by atoms with Gasteiger partial charge in [0.25, 0.3) is 11.5 Å². The molecule has 1 aliphatic rings. The van der Waals surface area contributed by atoms with E-state index >= 15 is 0 Å². The van der Waals surface area contributed by atoms with Crippen molar-refractivity contribution in [3.63, 3.8) is 0 Å². The molecular weight excluding hydrogens is 480 g/mol. The number of halogens is 4. The molecule has 4 rings (SSSR count). The number of fused-ring (bicyclic) bond motifs is 1. The number of rotatable bonds is 6. The number of hydrogen-bond acceptors (Lipinski definition) is 7. The fraction of sp³-hybridized carbons (Fsp3) is 0.400. The van der Waals surface area contributed by atoms with Crippen LogP contribution in [0.5, 0.6) is 0 Å². The average Bonchev–Trinajstić information content (AvgIpc) is 2.73. The zero-order valence-electron chi connectivity index (χ0n) is 18.0. The first kappa shape index (κ1) is 23.9. The minimum atomic E-state index is -4.47. The lowest BCUT2D eigenvalue weighted by Gasteiger charge is -2.35. The number of aromatic nitrogens is 4. The van der Waals surface area contributed by atoms with E-state index in [-0.39, 0.29) is 34.8 Å². The van der Waals surface area contributed by atoms with Gasteiger partial charge in [0.15, 0.2) is 17.3 Å². The zero-order valence-corrected chi connectivity index (χ0v) is 18.8. The first-order valence-electron chi connectivity index (χ1n) is 10.2. The maximum atomic E-state index is 14.8. The van der Waals surface area contributed by atoms with Gasteiger partial charge in [0.1, 0.15) is 16.9 Å². The van der Waals surface area contributed by atoms with Gasteiger partial charge in [0, 0.05) is 23.9 Å². The van der Waals surface area contributed by atoms with Gasteiger partial charge in [0.05, 0.1) is 11.9 Å². The summed E-state index contributed by atoms with van der Waals surface area (Å²) in [6, 6.07) is 1.05. The van der Waals surface area contributed by atoms with Gasteiger partial charge in [-0.05, 0) is 32.4 Å². The smallest absolute Gasteiger partial charge is 0.278 e. The maximum Gasteiger partial charge on any atom is 0.278 e. The molecule has 3 N–H and O–H groups in total. The molecule has 1 atom stereocenters. The van der Waals surface area contributed by atoms with Crippen LogP contribution in [0, 0.1) is 17.6 Å². The molecule has 0 saturated heterocycles. The van der Waals surface area contributed by atoms with Gasteiger partial charge in [-0.25, -0.2) is 35.9 Å². The van der Waals surface area contributed by atoms with Crippen molar-refractivity contribution in [2.24, 2.45) is 5.92 Å². The largest absolute Gasteiger partial charge is 0.368 e. The minimum absolute atomic E-state index is 0.0110. The van der Waals surface area contributed by atoms with Crippen molar-refractivity contribution >= 4 is 32.8 Å². The number of alkyl halides is 2. The van der Waals surface area contributed by atoms with Gasteiger partial charge in [-0.1, -0.05) is 0 Å². The lowest BCUT2D eigenvalue weighted by Crippen LogP contribution is -2.43. The fourth-order valence-electron chi connectivity index (χ4n) is 3.72. The van der Waals surface area contributed by atoms with E-state index < -0.39 is 63.0 Å². The molecule has 1 fully saturated rings. The summed E-state index contributed by atoms with van der Waals surface area (Å²) in [5.41, 5.74) is 3.54. The third-order valence-corrected chi connectivity index (χ3v) is 6.94. The molecule has 0 spiro atoms. The Labute approximate surface area is 191 Å². The second kappa shape index (κ2) is 8.18. The Morgan fingerprint density at radius 3 is 2.41 bits per heavy atom. The van der Waals surface area contributed by atoms with Crippen LogP contribution in [0.1, 0.15) is 32.7 Å². The lowest BCUT2D eigenvalue weighted by atomic mass is 9.82. The first-order valence-corrected chi connectivity index (χ1v) is 11.9. The quantitative estimate of drug-likeness (QED) is 0.497. The zero-order chi connectivity index (χ0) is 25.0. The molecule has 1 saturated carbocycles. The molecule has 34 heavy (non-hydrogen) atoms. The minimum Gasteiger partial charge on any atom is -0.368 e. The third kappa shape index (κ3) is 4.29. The van der Waals surface area contributed by atoms with Crippen LogP contribution in [-0.4, -0.2) is 39.6 Å². The van der Waals surface area contributed by atoms with Crippen LogP contribution < -0.4 is 16.0 Å². The van der Waals surface area contributed by atoms with Crippen molar-refractivity contribution in [1.29, 1.82) is 0 Å². The average molecular weight is 500 g/mol. The SMILES string of the molecule is CC(C)n1c(=O)c(-c2cc(F)c(NS(=O)(=O)CC3CCC3(F)F)c(F)c2)nc2cnc(N)nc21. The normalized spacial score (nSPS) is 17.7. The monoisotopic (exact) mass is 500 g/mol. The molecule has 0 aliphatic heterocycles. The number of sulfonamides is 1. The molecule has 3 aromatic rings. The van der Waals surface area contributed by atoms with E-state index in [2.05, 4.69) is 15.0 Å². The van der Waals surface area contributed by atoms with E-state index in [1.54, 1.807) is 18.6 Å². The molecule has 0 bridgehead atoms. The van der Waals surface area contributed by atoms with Gasteiger partial charge in [0.2, 0.25) is 16.0 Å². The van der Waals surface area contributed by atoms with Gasteiger partial charge in [-0.3, -0.25) is 14.1 Å². The second-order valence-corrected chi connectivity index (χ2v) is 10.1. The number of anilines is 2. The fourth-order valence-corrected chi connectivity index (χ4v) is 5.25. The van der Waals surface area contributed by atoms with Crippen LogP contribution in [0.25, 0.3) is 22.4 Å². The highest BCUT2D eigenvalue weighted by Gasteiger charge is 2.50. The summed E-state index contributed by atoms with van der Waals surface area (Å²) < 4.78 is 83.8. The molecule has 14 heteroatoms. The Morgan fingerprint density at radius 2 is 1.88 bits per heavy atom. The summed E-state index contributed by atoms with van der Waals surface area (Å²) in [5, 5.41) is 0. The number of benzene rings is 1. The van der Waals surface area contributed by atoms with Crippen LogP contribution in [0.15, 0.2) is 23.1 Å². The Hall–Kier alpha value is -3.29. The number of nitrogen functional groups attached to an aromatic ring is 1. The van der Waals surface area contributed by atoms with Crippen LogP contribution in [0.4, 0.5) is 29.2 Å². The van der Waals surface area contributed by atoms with Gasteiger partial charge < -0.3 is 5.73 Å². The third-order valence-electron chi connectivity index (χ3n) is 5.58. The van der Waals surface area contributed by atoms with Crippen molar-refractivity contribution in [1.82, 2.24) is 19.5 Å². The van der Waals surface area contributed by atoms with E-state index in [1.165, 1.54) is 10.8 Å². The van der Waals surface area contributed by atoms with E-state index in [9.17, 15) is 30.8 Å². The Balaban J connectivity index is 1.74. The summed E-state index contributed by atoms with van der Waals surface area (Å²) in [4.78, 5) is 25.0. The summed E-state index contributed by atoms with van der Waals surface area (Å²) in [6.07, 6.45) is 0.808. The van der Waals surface area contributed by atoms with Crippen LogP contribution >= 0.6 is 0 Å². The topological polar surface area (TPSA) is 133 Å². The van der Waals surface area contributed by atoms with E-state index in [0.717, 1.165) is 12.1 Å². The van der Waals surface area contributed by atoms with Gasteiger partial charge in [-0.2, -0.15) is 4.98 Å². The Bertz CT molecular complexity index is 1440. The molecular formula is C20H20F4N6O3S. The molecule has 1 aromatic carbocycles. The van der Waals surface area contributed by atoms with Crippen molar-refractivity contribution in [3.05, 3.63) is 40.3 Å². The second-order valence-electron chi connectivity index (χ2n) is 8.36. The van der Waals surface area contributed by atoms with Crippen molar-refractivity contribution in [2.45, 2.75) is 38.7 Å². The molecule has 1 unspecified atom stereocenters. The number of nitrogens with zero attached hydrogens (tertiary/aromatic N) is 4. The molecule has 0 radical (unpaired) electrons. The highest BCUT2D eigenvalue weighted by molar-refractivity contribution is 7.92. The van der Waals surface area contributed by atoms with Crippen molar-refractivity contribution in [2.75, 3.05) is 16.2 Å². The maximum absolute atomic E-state index is 14.8. The number of nitrogens with two attached hydrogens (primary N) is 1. The van der Waals surface area contributed by atoms with E-state index in [1.807, 2.05) is 0 Å². The van der Waals surface area contributed by atoms with Crippen molar-refractivity contribution in [3.8, 4) is 11.3 Å². The predicted molar refractivity (Wildman–Crippen MR) is 117 cm³/mol. The van der Waals surface area contributed by atoms with Crippen molar-refractivity contribution < 1.29 is 26.0 Å². The van der Waals surface area contributed by atoms with Gasteiger partial charge in [-0.15, -0.1) is 0 Å².